The minimum Gasteiger partial charge on any atom is -0.396 e. The summed E-state index contributed by atoms with van der Waals surface area (Å²) < 4.78 is 5.49. The standard InChI is InChI=1S/C12H21N3O/c1-9(2)16-8-7-15(4)12-11(13)6-5-10(3)14-12/h5-6,9H,7-8,13H2,1-4H3. The van der Waals surface area contributed by atoms with Crippen LogP contribution in [0.1, 0.15) is 19.5 Å². The van der Waals surface area contributed by atoms with Crippen molar-refractivity contribution < 1.29 is 4.74 Å². The van der Waals surface area contributed by atoms with Crippen molar-refractivity contribution in [3.05, 3.63) is 17.8 Å². The van der Waals surface area contributed by atoms with Gasteiger partial charge in [-0.05, 0) is 32.9 Å². The monoisotopic (exact) mass is 223 g/mol. The number of nitrogen functional groups attached to an aromatic ring is 1. The first-order valence-electron chi connectivity index (χ1n) is 5.56. The molecule has 0 radical (unpaired) electrons. The molecule has 90 valence electrons. The molecule has 1 heterocycles. The number of likely N-dealkylation sites (N-methyl/N-ethyl adjacent to an activating group) is 1. The van der Waals surface area contributed by atoms with Gasteiger partial charge in [-0.3, -0.25) is 0 Å². The van der Waals surface area contributed by atoms with Crippen molar-refractivity contribution in [3.8, 4) is 0 Å². The number of hydrogen-bond acceptors (Lipinski definition) is 4. The minimum absolute atomic E-state index is 0.260. The van der Waals surface area contributed by atoms with Crippen molar-refractivity contribution in [3.63, 3.8) is 0 Å². The van der Waals surface area contributed by atoms with Crippen molar-refractivity contribution in [2.45, 2.75) is 26.9 Å². The third-order valence-electron chi connectivity index (χ3n) is 2.28. The molecule has 0 aliphatic rings. The molecule has 0 atom stereocenters. The number of anilines is 2. The molecule has 1 aromatic heterocycles. The van der Waals surface area contributed by atoms with Crippen LogP contribution in [-0.2, 0) is 4.74 Å². The highest BCUT2D eigenvalue weighted by atomic mass is 16.5. The number of nitrogens with two attached hydrogens (primary N) is 1. The van der Waals surface area contributed by atoms with Crippen LogP contribution >= 0.6 is 0 Å². The molecule has 0 unspecified atom stereocenters. The Labute approximate surface area is 97.4 Å². The number of ether oxygens (including phenoxy) is 1. The van der Waals surface area contributed by atoms with Crippen LogP contribution in [0.4, 0.5) is 11.5 Å². The van der Waals surface area contributed by atoms with E-state index in [0.29, 0.717) is 12.3 Å². The van der Waals surface area contributed by atoms with Crippen LogP contribution in [0.5, 0.6) is 0 Å². The molecule has 0 spiro atoms. The van der Waals surface area contributed by atoms with Gasteiger partial charge < -0.3 is 15.4 Å². The fraction of sp³-hybridized carbons (Fsp3) is 0.583. The zero-order valence-electron chi connectivity index (χ0n) is 10.5. The first-order valence-corrected chi connectivity index (χ1v) is 5.56. The highest BCUT2D eigenvalue weighted by Crippen LogP contribution is 2.18. The summed E-state index contributed by atoms with van der Waals surface area (Å²) in [6, 6.07) is 3.80. The smallest absolute Gasteiger partial charge is 0.151 e. The van der Waals surface area contributed by atoms with Crippen LogP contribution in [0.25, 0.3) is 0 Å². The van der Waals surface area contributed by atoms with E-state index >= 15 is 0 Å². The second-order valence-electron chi connectivity index (χ2n) is 4.21. The summed E-state index contributed by atoms with van der Waals surface area (Å²) in [5.41, 5.74) is 7.56. The SMILES string of the molecule is Cc1ccc(N)c(N(C)CCOC(C)C)n1. The van der Waals surface area contributed by atoms with E-state index in [1.54, 1.807) is 0 Å². The number of rotatable bonds is 5. The fourth-order valence-corrected chi connectivity index (χ4v) is 1.39. The van der Waals surface area contributed by atoms with Crippen LogP contribution < -0.4 is 10.6 Å². The Morgan fingerprint density at radius 1 is 1.44 bits per heavy atom. The van der Waals surface area contributed by atoms with Gasteiger partial charge in [-0.2, -0.15) is 0 Å². The van der Waals surface area contributed by atoms with Crippen molar-refractivity contribution in [1.82, 2.24) is 4.98 Å². The molecule has 4 heteroatoms. The van der Waals surface area contributed by atoms with Gasteiger partial charge in [0.1, 0.15) is 0 Å². The Bertz CT molecular complexity index is 339. The van der Waals surface area contributed by atoms with Crippen LogP contribution in [0.2, 0.25) is 0 Å². The first kappa shape index (κ1) is 12.8. The maximum Gasteiger partial charge on any atom is 0.151 e. The summed E-state index contributed by atoms with van der Waals surface area (Å²) in [5, 5.41) is 0. The molecule has 1 rings (SSSR count). The largest absolute Gasteiger partial charge is 0.396 e. The lowest BCUT2D eigenvalue weighted by atomic mass is 10.3. The van der Waals surface area contributed by atoms with Gasteiger partial charge in [0, 0.05) is 19.3 Å². The van der Waals surface area contributed by atoms with Crippen LogP contribution in [-0.4, -0.2) is 31.3 Å². The van der Waals surface area contributed by atoms with E-state index in [2.05, 4.69) is 4.98 Å². The Morgan fingerprint density at radius 2 is 2.12 bits per heavy atom. The number of pyridine rings is 1. The second-order valence-corrected chi connectivity index (χ2v) is 4.21. The average molecular weight is 223 g/mol. The summed E-state index contributed by atoms with van der Waals surface area (Å²) in [6.07, 6.45) is 0.260. The Hall–Kier alpha value is -1.29. The highest BCUT2D eigenvalue weighted by molar-refractivity contribution is 5.62. The molecule has 0 fully saturated rings. The van der Waals surface area contributed by atoms with E-state index < -0.39 is 0 Å². The van der Waals surface area contributed by atoms with E-state index in [0.717, 1.165) is 18.1 Å². The minimum atomic E-state index is 0.260. The van der Waals surface area contributed by atoms with Crippen LogP contribution in [0.3, 0.4) is 0 Å². The Kier molecular flexibility index (Phi) is 4.55. The van der Waals surface area contributed by atoms with Crippen molar-refractivity contribution in [1.29, 1.82) is 0 Å². The van der Waals surface area contributed by atoms with E-state index in [1.165, 1.54) is 0 Å². The third-order valence-corrected chi connectivity index (χ3v) is 2.28. The van der Waals surface area contributed by atoms with Crippen LogP contribution in [0, 0.1) is 6.92 Å². The van der Waals surface area contributed by atoms with Crippen molar-refractivity contribution >= 4 is 11.5 Å². The lowest BCUT2D eigenvalue weighted by Gasteiger charge is -2.20. The summed E-state index contributed by atoms with van der Waals surface area (Å²) in [4.78, 5) is 6.43. The van der Waals surface area contributed by atoms with E-state index in [9.17, 15) is 0 Å². The molecule has 0 aliphatic heterocycles. The maximum absolute atomic E-state index is 5.88. The zero-order valence-corrected chi connectivity index (χ0v) is 10.5. The van der Waals surface area contributed by atoms with Gasteiger partial charge in [-0.15, -0.1) is 0 Å². The van der Waals surface area contributed by atoms with Gasteiger partial charge in [-0.25, -0.2) is 4.98 Å². The van der Waals surface area contributed by atoms with Gasteiger partial charge in [0.25, 0.3) is 0 Å². The van der Waals surface area contributed by atoms with E-state index in [1.807, 2.05) is 44.9 Å². The van der Waals surface area contributed by atoms with E-state index in [-0.39, 0.29) is 6.10 Å². The molecule has 0 aliphatic carbocycles. The molecular weight excluding hydrogens is 202 g/mol. The molecule has 1 aromatic rings. The molecule has 0 bridgehead atoms. The third kappa shape index (κ3) is 3.70. The Balaban J connectivity index is 2.58. The molecule has 16 heavy (non-hydrogen) atoms. The van der Waals surface area contributed by atoms with Gasteiger partial charge >= 0.3 is 0 Å². The summed E-state index contributed by atoms with van der Waals surface area (Å²) in [6.45, 7) is 7.49. The van der Waals surface area contributed by atoms with E-state index in [4.69, 9.17) is 10.5 Å². The lowest BCUT2D eigenvalue weighted by molar-refractivity contribution is 0.0845. The van der Waals surface area contributed by atoms with Gasteiger partial charge in [0.2, 0.25) is 0 Å². The maximum atomic E-state index is 5.88. The van der Waals surface area contributed by atoms with Gasteiger partial charge in [0.15, 0.2) is 5.82 Å². The lowest BCUT2D eigenvalue weighted by Crippen LogP contribution is -2.25. The molecule has 0 aromatic carbocycles. The van der Waals surface area contributed by atoms with Crippen molar-refractivity contribution in [2.24, 2.45) is 0 Å². The van der Waals surface area contributed by atoms with Crippen molar-refractivity contribution in [2.75, 3.05) is 30.8 Å². The summed E-state index contributed by atoms with van der Waals surface area (Å²) >= 11 is 0. The Morgan fingerprint density at radius 3 is 2.75 bits per heavy atom. The normalized spacial score (nSPS) is 10.8. The van der Waals surface area contributed by atoms with Gasteiger partial charge in [0.05, 0.1) is 18.4 Å². The second kappa shape index (κ2) is 5.70. The highest BCUT2D eigenvalue weighted by Gasteiger charge is 2.07. The number of aromatic nitrogens is 1. The predicted octanol–water partition coefficient (Wildman–Crippen LogP) is 1.83. The number of nitrogens with zero attached hydrogens (tertiary/aromatic N) is 2. The molecule has 0 saturated heterocycles. The summed E-state index contributed by atoms with van der Waals surface area (Å²) in [5.74, 6) is 0.826. The molecule has 2 N–H and O–H groups in total. The van der Waals surface area contributed by atoms with Gasteiger partial charge in [-0.1, -0.05) is 0 Å². The molecule has 0 amide bonds. The van der Waals surface area contributed by atoms with Crippen LogP contribution in [0.15, 0.2) is 12.1 Å². The molecule has 4 nitrogen and oxygen atoms in total. The zero-order chi connectivity index (χ0) is 12.1. The molecular formula is C12H21N3O. The fourth-order valence-electron chi connectivity index (χ4n) is 1.39. The number of aryl methyl sites for hydroxylation is 1. The quantitative estimate of drug-likeness (QED) is 0.827. The topological polar surface area (TPSA) is 51.4 Å². The first-order chi connectivity index (χ1) is 7.50. The number of hydrogen-bond donors (Lipinski definition) is 1. The summed E-state index contributed by atoms with van der Waals surface area (Å²) in [7, 11) is 1.97. The predicted molar refractivity (Wildman–Crippen MR) is 67.7 cm³/mol. The molecule has 0 saturated carbocycles. The average Bonchev–Trinajstić information content (AvgIpc) is 2.21.